The molecule has 0 saturated carbocycles. The van der Waals surface area contributed by atoms with Crippen molar-refractivity contribution in [2.75, 3.05) is 43.3 Å². The number of para-hydroxylation sites is 1. The van der Waals surface area contributed by atoms with Crippen LogP contribution < -0.4 is 20.4 Å². The van der Waals surface area contributed by atoms with E-state index >= 15 is 0 Å². The number of hydrogen-bond donors (Lipinski definition) is 2. The molecule has 2 amide bonds. The summed E-state index contributed by atoms with van der Waals surface area (Å²) in [5.74, 6) is 0. The van der Waals surface area contributed by atoms with Gasteiger partial charge in [-0.2, -0.15) is 0 Å². The van der Waals surface area contributed by atoms with Gasteiger partial charge in [0.05, 0.1) is 0 Å². The summed E-state index contributed by atoms with van der Waals surface area (Å²) in [4.78, 5) is 16.2. The quantitative estimate of drug-likeness (QED) is 0.891. The van der Waals surface area contributed by atoms with Crippen molar-refractivity contribution < 1.29 is 4.79 Å². The second-order valence-corrected chi connectivity index (χ2v) is 5.74. The first-order chi connectivity index (χ1) is 11.0. The van der Waals surface area contributed by atoms with Gasteiger partial charge in [0.25, 0.3) is 0 Å². The third-order valence-electron chi connectivity index (χ3n) is 3.55. The van der Waals surface area contributed by atoms with E-state index in [1.54, 1.807) is 0 Å². The molecule has 0 unspecified atom stereocenters. The minimum atomic E-state index is -0.213. The van der Waals surface area contributed by atoms with E-state index in [0.29, 0.717) is 6.54 Å². The molecule has 2 aromatic carbocycles. The molecule has 2 N–H and O–H groups in total. The molecule has 0 spiro atoms. The van der Waals surface area contributed by atoms with Gasteiger partial charge in [0.1, 0.15) is 0 Å². The number of nitrogens with zero attached hydrogens (tertiary/aromatic N) is 2. The van der Waals surface area contributed by atoms with Crippen LogP contribution in [0.3, 0.4) is 0 Å². The minimum Gasteiger partial charge on any atom is -0.377 e. The van der Waals surface area contributed by atoms with Crippen LogP contribution in [0.15, 0.2) is 48.5 Å². The zero-order valence-electron chi connectivity index (χ0n) is 14.1. The Kier molecular flexibility index (Phi) is 5.46. The summed E-state index contributed by atoms with van der Waals surface area (Å²) in [5, 5.41) is 5.77. The third kappa shape index (κ3) is 4.39. The van der Waals surface area contributed by atoms with Gasteiger partial charge in [-0.15, -0.1) is 0 Å². The second kappa shape index (κ2) is 7.54. The molecule has 0 aliphatic heterocycles. The number of nitrogens with one attached hydrogen (secondary N) is 2. The summed E-state index contributed by atoms with van der Waals surface area (Å²) < 4.78 is 0. The van der Waals surface area contributed by atoms with Crippen molar-refractivity contribution in [3.8, 4) is 0 Å². The van der Waals surface area contributed by atoms with Crippen molar-refractivity contribution in [3.05, 3.63) is 54.1 Å². The van der Waals surface area contributed by atoms with Gasteiger partial charge in [-0.3, -0.25) is 0 Å². The number of carbonyl (C=O) groups excluding carboxylic acids is 1. The number of anilines is 3. The van der Waals surface area contributed by atoms with Crippen molar-refractivity contribution in [2.24, 2.45) is 0 Å². The summed E-state index contributed by atoms with van der Waals surface area (Å²) >= 11 is 0. The number of rotatable bonds is 5. The summed E-state index contributed by atoms with van der Waals surface area (Å²) in [7, 11) is 8.01. The van der Waals surface area contributed by atoms with Crippen LogP contribution in [-0.2, 0) is 6.54 Å². The van der Waals surface area contributed by atoms with Gasteiger partial charge in [-0.25, -0.2) is 4.79 Å². The van der Waals surface area contributed by atoms with Gasteiger partial charge >= 0.3 is 6.03 Å². The predicted octanol–water partition coefficient (Wildman–Crippen LogP) is 3.14. The van der Waals surface area contributed by atoms with Crippen molar-refractivity contribution in [3.63, 3.8) is 0 Å². The fraction of sp³-hybridized carbons (Fsp3) is 0.278. The largest absolute Gasteiger partial charge is 0.377 e. The lowest BCUT2D eigenvalue weighted by atomic mass is 10.1. The molecule has 0 aromatic heterocycles. The van der Waals surface area contributed by atoms with Crippen LogP contribution >= 0.6 is 0 Å². The Labute approximate surface area is 137 Å². The maximum Gasteiger partial charge on any atom is 0.319 e. The summed E-state index contributed by atoms with van der Waals surface area (Å²) in [6, 6.07) is 15.3. The molecule has 2 rings (SSSR count). The normalized spacial score (nSPS) is 10.1. The van der Waals surface area contributed by atoms with E-state index in [1.807, 2.05) is 64.6 Å². The lowest BCUT2D eigenvalue weighted by molar-refractivity contribution is 0.252. The van der Waals surface area contributed by atoms with Crippen LogP contribution in [0.1, 0.15) is 5.56 Å². The monoisotopic (exact) mass is 312 g/mol. The number of urea groups is 1. The van der Waals surface area contributed by atoms with Crippen LogP contribution in [0.5, 0.6) is 0 Å². The Bertz CT molecular complexity index is 627. The topological polar surface area (TPSA) is 47.6 Å². The van der Waals surface area contributed by atoms with Crippen molar-refractivity contribution >= 4 is 23.1 Å². The average molecular weight is 312 g/mol. The Hall–Kier alpha value is -2.69. The summed E-state index contributed by atoms with van der Waals surface area (Å²) in [6.07, 6.45) is 0. The molecule has 122 valence electrons. The predicted molar refractivity (Wildman–Crippen MR) is 97.4 cm³/mol. The van der Waals surface area contributed by atoms with Gasteiger partial charge in [-0.1, -0.05) is 24.3 Å². The first kappa shape index (κ1) is 16.7. The van der Waals surface area contributed by atoms with Crippen LogP contribution in [-0.4, -0.2) is 34.2 Å². The Morgan fingerprint density at radius 3 is 1.96 bits per heavy atom. The highest BCUT2D eigenvalue weighted by atomic mass is 16.2. The van der Waals surface area contributed by atoms with Crippen LogP contribution in [0.2, 0.25) is 0 Å². The first-order valence-electron chi connectivity index (χ1n) is 7.55. The van der Waals surface area contributed by atoms with Crippen LogP contribution in [0.4, 0.5) is 21.9 Å². The van der Waals surface area contributed by atoms with Gasteiger partial charge in [0.15, 0.2) is 0 Å². The van der Waals surface area contributed by atoms with Crippen molar-refractivity contribution in [2.45, 2.75) is 6.54 Å². The van der Waals surface area contributed by atoms with Gasteiger partial charge in [0, 0.05) is 57.4 Å². The zero-order chi connectivity index (χ0) is 16.8. The number of benzene rings is 2. The Morgan fingerprint density at radius 1 is 0.870 bits per heavy atom. The van der Waals surface area contributed by atoms with Crippen molar-refractivity contribution in [1.82, 2.24) is 5.32 Å². The van der Waals surface area contributed by atoms with E-state index in [-0.39, 0.29) is 6.03 Å². The highest BCUT2D eigenvalue weighted by Crippen LogP contribution is 2.28. The second-order valence-electron chi connectivity index (χ2n) is 5.74. The highest BCUT2D eigenvalue weighted by Gasteiger charge is 2.12. The molecule has 5 heteroatoms. The van der Waals surface area contributed by atoms with Crippen LogP contribution in [0.25, 0.3) is 0 Å². The molecule has 23 heavy (non-hydrogen) atoms. The molecule has 5 nitrogen and oxygen atoms in total. The van der Waals surface area contributed by atoms with Crippen LogP contribution in [0, 0.1) is 0 Å². The molecule has 0 fully saturated rings. The Morgan fingerprint density at radius 2 is 1.43 bits per heavy atom. The molecule has 0 bridgehead atoms. The zero-order valence-corrected chi connectivity index (χ0v) is 14.1. The molecule has 0 radical (unpaired) electrons. The minimum absolute atomic E-state index is 0.213. The molecular formula is C18H24N4O. The molecule has 2 aromatic rings. The van der Waals surface area contributed by atoms with Gasteiger partial charge in [-0.05, 0) is 24.3 Å². The standard InChI is InChI=1S/C18H24N4O/c1-21(2)16-11-8-12-17(22(3)4)15(16)13-19-18(23)20-14-9-6-5-7-10-14/h5-12H,13H2,1-4H3,(H2,19,20,23). The number of amides is 2. The highest BCUT2D eigenvalue weighted by molar-refractivity contribution is 5.89. The fourth-order valence-corrected chi connectivity index (χ4v) is 2.45. The third-order valence-corrected chi connectivity index (χ3v) is 3.55. The lowest BCUT2D eigenvalue weighted by Gasteiger charge is -2.24. The number of hydrogen-bond acceptors (Lipinski definition) is 3. The van der Waals surface area contributed by atoms with E-state index in [4.69, 9.17) is 0 Å². The fourth-order valence-electron chi connectivity index (χ4n) is 2.45. The van der Waals surface area contributed by atoms with E-state index < -0.39 is 0 Å². The first-order valence-corrected chi connectivity index (χ1v) is 7.55. The lowest BCUT2D eigenvalue weighted by Crippen LogP contribution is -2.29. The molecule has 0 saturated heterocycles. The molecule has 0 aliphatic carbocycles. The van der Waals surface area contributed by atoms with Gasteiger partial charge < -0.3 is 20.4 Å². The van der Waals surface area contributed by atoms with E-state index in [2.05, 4.69) is 32.6 Å². The maximum absolute atomic E-state index is 12.1. The van der Waals surface area contributed by atoms with E-state index in [0.717, 1.165) is 22.6 Å². The summed E-state index contributed by atoms with van der Waals surface area (Å²) in [6.45, 7) is 0.459. The number of carbonyl (C=O) groups is 1. The van der Waals surface area contributed by atoms with Crippen molar-refractivity contribution in [1.29, 1.82) is 0 Å². The van der Waals surface area contributed by atoms with E-state index in [9.17, 15) is 4.79 Å². The Balaban J connectivity index is 2.11. The smallest absolute Gasteiger partial charge is 0.319 e. The molecule has 0 aliphatic rings. The molecule has 0 atom stereocenters. The molecular weight excluding hydrogens is 288 g/mol. The summed E-state index contributed by atoms with van der Waals surface area (Å²) in [5.41, 5.74) is 4.05. The average Bonchev–Trinajstić information content (AvgIpc) is 2.53. The molecule has 0 heterocycles. The maximum atomic E-state index is 12.1. The van der Waals surface area contributed by atoms with Gasteiger partial charge in [0.2, 0.25) is 0 Å². The van der Waals surface area contributed by atoms with E-state index in [1.165, 1.54) is 0 Å². The SMILES string of the molecule is CN(C)c1cccc(N(C)C)c1CNC(=O)Nc1ccccc1.